The van der Waals surface area contributed by atoms with Crippen LogP contribution in [-0.4, -0.2) is 16.4 Å². The molecule has 2 rings (SSSR count). The molecule has 0 aliphatic heterocycles. The van der Waals surface area contributed by atoms with Gasteiger partial charge in [0.2, 0.25) is 5.88 Å². The molecule has 1 saturated carbocycles. The van der Waals surface area contributed by atoms with Crippen molar-refractivity contribution in [1.29, 1.82) is 0 Å². The van der Waals surface area contributed by atoms with Gasteiger partial charge in [-0.15, -0.1) is 5.10 Å². The van der Waals surface area contributed by atoms with Crippen LogP contribution >= 0.6 is 0 Å². The van der Waals surface area contributed by atoms with Gasteiger partial charge in [0, 0.05) is 18.8 Å². The molecule has 0 unspecified atom stereocenters. The average molecular weight is 180 g/mol. The van der Waals surface area contributed by atoms with Crippen LogP contribution in [0, 0.1) is 12.8 Å². The average Bonchev–Trinajstić information content (AvgIpc) is 2.28. The quantitative estimate of drug-likeness (QED) is 0.710. The van der Waals surface area contributed by atoms with Crippen molar-refractivity contribution in [3.63, 3.8) is 0 Å². The van der Waals surface area contributed by atoms with Crippen molar-refractivity contribution < 1.29 is 4.74 Å². The van der Waals surface area contributed by atoms with Crippen LogP contribution in [0.1, 0.15) is 25.0 Å². The number of rotatable bonds is 3. The predicted octanol–water partition coefficient (Wildman–Crippen LogP) is 1.91. The Labute approximate surface area is 78.7 Å². The second kappa shape index (κ2) is 3.40. The summed E-state index contributed by atoms with van der Waals surface area (Å²) in [5, 5.41) is 4.24. The van der Waals surface area contributed by atoms with E-state index in [9.17, 15) is 0 Å². The Morgan fingerprint density at radius 1 is 1.62 bits per heavy atom. The number of aromatic nitrogens is 2. The summed E-state index contributed by atoms with van der Waals surface area (Å²) in [5.74, 6) is 1.55. The van der Waals surface area contributed by atoms with Crippen molar-refractivity contribution in [2.75, 3.05) is 6.61 Å². The molecular weight excluding hydrogens is 164 g/mol. The lowest BCUT2D eigenvalue weighted by Crippen LogP contribution is -2.19. The zero-order valence-electron chi connectivity index (χ0n) is 8.29. The van der Waals surface area contributed by atoms with E-state index < -0.39 is 0 Å². The van der Waals surface area contributed by atoms with Crippen molar-refractivity contribution in [2.45, 2.75) is 26.2 Å². The van der Waals surface area contributed by atoms with E-state index in [-0.39, 0.29) is 0 Å². The summed E-state index contributed by atoms with van der Waals surface area (Å²) in [6, 6.07) is 1.98. The predicted molar refractivity (Wildman–Crippen MR) is 50.8 cm³/mol. The maximum Gasteiger partial charge on any atom is 0.232 e. The van der Waals surface area contributed by atoms with Crippen LogP contribution < -0.4 is 4.74 Å². The van der Waals surface area contributed by atoms with Crippen LogP contribution in [-0.2, 0) is 7.05 Å². The normalized spacial score (nSPS) is 17.1. The van der Waals surface area contributed by atoms with Gasteiger partial charge in [-0.3, -0.25) is 4.68 Å². The molecule has 72 valence electrons. The molecule has 0 aromatic carbocycles. The minimum absolute atomic E-state index is 0.770. The molecule has 3 nitrogen and oxygen atoms in total. The lowest BCUT2D eigenvalue weighted by Gasteiger charge is -2.24. The Kier molecular flexibility index (Phi) is 2.25. The minimum Gasteiger partial charge on any atom is -0.476 e. The summed E-state index contributed by atoms with van der Waals surface area (Å²) < 4.78 is 7.42. The second-order valence-corrected chi connectivity index (χ2v) is 3.86. The van der Waals surface area contributed by atoms with Crippen molar-refractivity contribution >= 4 is 0 Å². The summed E-state index contributed by atoms with van der Waals surface area (Å²) in [7, 11) is 1.94. The molecule has 13 heavy (non-hydrogen) atoms. The molecule has 0 amide bonds. The number of ether oxygens (including phenoxy) is 1. The fourth-order valence-electron chi connectivity index (χ4n) is 1.46. The highest BCUT2D eigenvalue weighted by molar-refractivity contribution is 5.13. The van der Waals surface area contributed by atoms with Crippen molar-refractivity contribution in [1.82, 2.24) is 9.78 Å². The van der Waals surface area contributed by atoms with Gasteiger partial charge in [0.05, 0.1) is 6.61 Å². The molecule has 0 saturated heterocycles. The van der Waals surface area contributed by atoms with Gasteiger partial charge in [-0.25, -0.2) is 0 Å². The summed E-state index contributed by atoms with van der Waals surface area (Å²) in [4.78, 5) is 0. The molecule has 1 aliphatic rings. The topological polar surface area (TPSA) is 27.1 Å². The largest absolute Gasteiger partial charge is 0.476 e. The summed E-state index contributed by atoms with van der Waals surface area (Å²) in [6.07, 6.45) is 4.02. The molecule has 1 fully saturated rings. The van der Waals surface area contributed by atoms with E-state index in [0.29, 0.717) is 0 Å². The van der Waals surface area contributed by atoms with E-state index in [0.717, 1.165) is 24.1 Å². The molecular formula is C10H16N2O. The Bertz CT molecular complexity index is 270. The van der Waals surface area contributed by atoms with Crippen LogP contribution in [0.2, 0.25) is 0 Å². The maximum absolute atomic E-state index is 5.58. The van der Waals surface area contributed by atoms with Crippen molar-refractivity contribution in [3.8, 4) is 5.88 Å². The van der Waals surface area contributed by atoms with Crippen LogP contribution in [0.3, 0.4) is 0 Å². The Hall–Kier alpha value is -0.990. The smallest absolute Gasteiger partial charge is 0.232 e. The fourth-order valence-corrected chi connectivity index (χ4v) is 1.46. The minimum atomic E-state index is 0.770. The highest BCUT2D eigenvalue weighted by Gasteiger charge is 2.18. The van der Waals surface area contributed by atoms with Gasteiger partial charge in [0.15, 0.2) is 0 Å². The number of hydrogen-bond donors (Lipinski definition) is 0. The standard InChI is InChI=1S/C10H16N2O/c1-8-6-10(11-12(8)2)13-7-9-4-3-5-9/h6,9H,3-5,7H2,1-2H3. The zero-order chi connectivity index (χ0) is 9.26. The van der Waals surface area contributed by atoms with Crippen LogP contribution in [0.5, 0.6) is 5.88 Å². The van der Waals surface area contributed by atoms with Gasteiger partial charge in [0.1, 0.15) is 0 Å². The molecule has 1 heterocycles. The second-order valence-electron chi connectivity index (χ2n) is 3.86. The first-order valence-electron chi connectivity index (χ1n) is 4.89. The van der Waals surface area contributed by atoms with Crippen molar-refractivity contribution in [3.05, 3.63) is 11.8 Å². The van der Waals surface area contributed by atoms with E-state index in [4.69, 9.17) is 4.74 Å². The van der Waals surface area contributed by atoms with Crippen LogP contribution in [0.15, 0.2) is 6.07 Å². The van der Waals surface area contributed by atoms with Gasteiger partial charge >= 0.3 is 0 Å². The molecule has 0 atom stereocenters. The SMILES string of the molecule is Cc1cc(OCC2CCC2)nn1C. The molecule has 3 heteroatoms. The van der Waals surface area contributed by atoms with Crippen LogP contribution in [0.25, 0.3) is 0 Å². The van der Waals surface area contributed by atoms with E-state index >= 15 is 0 Å². The van der Waals surface area contributed by atoms with Gasteiger partial charge in [0.25, 0.3) is 0 Å². The molecule has 0 bridgehead atoms. The van der Waals surface area contributed by atoms with Gasteiger partial charge in [-0.2, -0.15) is 0 Å². The van der Waals surface area contributed by atoms with Gasteiger partial charge in [-0.05, 0) is 25.7 Å². The molecule has 1 aromatic rings. The van der Waals surface area contributed by atoms with E-state index in [1.54, 1.807) is 0 Å². The molecule has 1 aromatic heterocycles. The monoisotopic (exact) mass is 180 g/mol. The third-order valence-electron chi connectivity index (χ3n) is 2.78. The fraction of sp³-hybridized carbons (Fsp3) is 0.700. The third kappa shape index (κ3) is 1.85. The summed E-state index contributed by atoms with van der Waals surface area (Å²) >= 11 is 0. The Balaban J connectivity index is 1.86. The lowest BCUT2D eigenvalue weighted by atomic mass is 9.86. The Morgan fingerprint density at radius 2 is 2.38 bits per heavy atom. The molecule has 0 N–H and O–H groups in total. The van der Waals surface area contributed by atoms with Gasteiger partial charge in [-0.1, -0.05) is 6.42 Å². The van der Waals surface area contributed by atoms with E-state index in [1.165, 1.54) is 19.3 Å². The highest BCUT2D eigenvalue weighted by atomic mass is 16.5. The first-order valence-corrected chi connectivity index (χ1v) is 4.89. The first kappa shape index (κ1) is 8.60. The zero-order valence-corrected chi connectivity index (χ0v) is 8.29. The first-order chi connectivity index (χ1) is 6.25. The number of hydrogen-bond acceptors (Lipinski definition) is 2. The molecule has 0 spiro atoms. The summed E-state index contributed by atoms with van der Waals surface area (Å²) in [6.45, 7) is 2.87. The van der Waals surface area contributed by atoms with Gasteiger partial charge < -0.3 is 4.74 Å². The third-order valence-corrected chi connectivity index (χ3v) is 2.78. The number of nitrogens with zero attached hydrogens (tertiary/aromatic N) is 2. The Morgan fingerprint density at radius 3 is 2.85 bits per heavy atom. The van der Waals surface area contributed by atoms with Crippen LogP contribution in [0.4, 0.5) is 0 Å². The number of aryl methyl sites for hydroxylation is 2. The van der Waals surface area contributed by atoms with E-state index in [1.807, 2.05) is 24.7 Å². The highest BCUT2D eigenvalue weighted by Crippen LogP contribution is 2.26. The van der Waals surface area contributed by atoms with Crippen molar-refractivity contribution in [2.24, 2.45) is 13.0 Å². The van der Waals surface area contributed by atoms with E-state index in [2.05, 4.69) is 5.10 Å². The molecule has 1 aliphatic carbocycles. The summed E-state index contributed by atoms with van der Waals surface area (Å²) in [5.41, 5.74) is 1.14. The lowest BCUT2D eigenvalue weighted by molar-refractivity contribution is 0.175. The molecule has 0 radical (unpaired) electrons. The maximum atomic E-state index is 5.58.